The third-order valence-corrected chi connectivity index (χ3v) is 5.97. The summed E-state index contributed by atoms with van der Waals surface area (Å²) in [7, 11) is 0. The molecule has 2 aromatic carbocycles. The Labute approximate surface area is 194 Å². The van der Waals surface area contributed by atoms with Crippen molar-refractivity contribution >= 4 is 18.0 Å². The molecule has 0 saturated heterocycles. The molecule has 2 atom stereocenters. The normalized spacial score (nSPS) is 14.7. The smallest absolute Gasteiger partial charge is 0.407 e. The van der Waals surface area contributed by atoms with Crippen LogP contribution in [0, 0.1) is 11.3 Å². The first-order valence-electron chi connectivity index (χ1n) is 11.2. The number of nitrogens with one attached hydrogen (secondary N) is 2. The van der Waals surface area contributed by atoms with Crippen LogP contribution < -0.4 is 10.6 Å². The van der Waals surface area contributed by atoms with Gasteiger partial charge in [0.1, 0.15) is 18.7 Å². The second-order valence-electron chi connectivity index (χ2n) is 9.84. The molecule has 0 unspecified atom stereocenters. The Morgan fingerprint density at radius 1 is 0.939 bits per heavy atom. The number of carboxylic acids is 1. The van der Waals surface area contributed by atoms with E-state index in [9.17, 15) is 19.5 Å². The Morgan fingerprint density at radius 2 is 1.45 bits per heavy atom. The number of carbonyl (C=O) groups is 3. The van der Waals surface area contributed by atoms with Crippen LogP contribution in [0.1, 0.15) is 51.7 Å². The molecule has 7 heteroatoms. The largest absolute Gasteiger partial charge is 0.480 e. The van der Waals surface area contributed by atoms with Crippen LogP contribution in [0.15, 0.2) is 48.5 Å². The van der Waals surface area contributed by atoms with Gasteiger partial charge in [0.2, 0.25) is 5.91 Å². The van der Waals surface area contributed by atoms with Gasteiger partial charge in [-0.15, -0.1) is 0 Å². The second-order valence-corrected chi connectivity index (χ2v) is 9.84. The average molecular weight is 453 g/mol. The predicted octanol–water partition coefficient (Wildman–Crippen LogP) is 4.17. The number of aliphatic carboxylic acids is 1. The van der Waals surface area contributed by atoms with Gasteiger partial charge in [-0.25, -0.2) is 9.59 Å². The second kappa shape index (κ2) is 9.65. The summed E-state index contributed by atoms with van der Waals surface area (Å²) in [5.41, 5.74) is 3.76. The third kappa shape index (κ3) is 5.35. The zero-order chi connectivity index (χ0) is 24.3. The third-order valence-electron chi connectivity index (χ3n) is 5.97. The predicted molar refractivity (Wildman–Crippen MR) is 126 cm³/mol. The molecule has 0 bridgehead atoms. The maximum atomic E-state index is 12.8. The van der Waals surface area contributed by atoms with Crippen LogP contribution in [-0.2, 0) is 14.3 Å². The molecule has 0 spiro atoms. The minimum atomic E-state index is -1.13. The molecule has 0 saturated carbocycles. The molecule has 33 heavy (non-hydrogen) atoms. The van der Waals surface area contributed by atoms with Gasteiger partial charge in [-0.2, -0.15) is 0 Å². The fraction of sp³-hybridized carbons (Fsp3) is 0.423. The number of hydrogen-bond donors (Lipinski definition) is 3. The van der Waals surface area contributed by atoms with E-state index in [1.807, 2.05) is 36.4 Å². The van der Waals surface area contributed by atoms with Gasteiger partial charge < -0.3 is 20.5 Å². The number of benzene rings is 2. The van der Waals surface area contributed by atoms with Crippen LogP contribution in [0.5, 0.6) is 0 Å². The highest BCUT2D eigenvalue weighted by Gasteiger charge is 2.36. The van der Waals surface area contributed by atoms with Gasteiger partial charge in [-0.1, -0.05) is 83.1 Å². The first kappa shape index (κ1) is 24.3. The van der Waals surface area contributed by atoms with Gasteiger partial charge in [-0.05, 0) is 33.6 Å². The SMILES string of the molecule is CC(C)[C@H](NC(=O)OCC1c2ccccc2-c2ccccc21)C(=O)N[C@H](C(=O)O)C(C)(C)C. The zero-order valence-corrected chi connectivity index (χ0v) is 19.7. The molecule has 2 amide bonds. The molecule has 2 aromatic rings. The van der Waals surface area contributed by atoms with Crippen molar-refractivity contribution in [2.45, 2.75) is 52.6 Å². The molecule has 1 aliphatic rings. The first-order valence-corrected chi connectivity index (χ1v) is 11.2. The Kier molecular flexibility index (Phi) is 7.10. The monoisotopic (exact) mass is 452 g/mol. The lowest BCUT2D eigenvalue weighted by Crippen LogP contribution is -2.57. The van der Waals surface area contributed by atoms with Crippen LogP contribution in [0.2, 0.25) is 0 Å². The van der Waals surface area contributed by atoms with Gasteiger partial charge in [0.05, 0.1) is 0 Å². The van der Waals surface area contributed by atoms with E-state index >= 15 is 0 Å². The molecule has 176 valence electrons. The quantitative estimate of drug-likeness (QED) is 0.585. The van der Waals surface area contributed by atoms with Crippen molar-refractivity contribution < 1.29 is 24.2 Å². The summed E-state index contributed by atoms with van der Waals surface area (Å²) in [4.78, 5) is 37.1. The number of alkyl carbamates (subject to hydrolysis) is 1. The molecule has 0 radical (unpaired) electrons. The van der Waals surface area contributed by atoms with Gasteiger partial charge in [-0.3, -0.25) is 4.79 Å². The van der Waals surface area contributed by atoms with E-state index in [4.69, 9.17) is 4.74 Å². The summed E-state index contributed by atoms with van der Waals surface area (Å²) >= 11 is 0. The Morgan fingerprint density at radius 3 is 1.91 bits per heavy atom. The fourth-order valence-electron chi connectivity index (χ4n) is 4.18. The number of hydrogen-bond acceptors (Lipinski definition) is 4. The number of carboxylic acid groups (broad SMARTS) is 1. The summed E-state index contributed by atoms with van der Waals surface area (Å²) in [6.45, 7) is 8.88. The van der Waals surface area contributed by atoms with Crippen molar-refractivity contribution in [2.24, 2.45) is 11.3 Å². The van der Waals surface area contributed by atoms with Crippen LogP contribution in [-0.4, -0.2) is 41.8 Å². The molecule has 0 aliphatic heterocycles. The van der Waals surface area contributed by atoms with Crippen LogP contribution in [0.25, 0.3) is 11.1 Å². The summed E-state index contributed by atoms with van der Waals surface area (Å²) in [5, 5.41) is 14.7. The summed E-state index contributed by atoms with van der Waals surface area (Å²) in [6.07, 6.45) is -0.714. The van der Waals surface area contributed by atoms with E-state index in [2.05, 4.69) is 22.8 Å². The minimum absolute atomic E-state index is 0.0910. The fourth-order valence-corrected chi connectivity index (χ4v) is 4.18. The first-order chi connectivity index (χ1) is 15.5. The highest BCUT2D eigenvalue weighted by atomic mass is 16.5. The van der Waals surface area contributed by atoms with Crippen LogP contribution in [0.4, 0.5) is 4.79 Å². The van der Waals surface area contributed by atoms with Gasteiger partial charge in [0.15, 0.2) is 0 Å². The summed E-state index contributed by atoms with van der Waals surface area (Å²) in [6, 6.07) is 14.1. The van der Waals surface area contributed by atoms with Crippen LogP contribution in [0.3, 0.4) is 0 Å². The number of rotatable bonds is 7. The topological polar surface area (TPSA) is 105 Å². The van der Waals surface area contributed by atoms with E-state index < -0.39 is 35.5 Å². The van der Waals surface area contributed by atoms with Crippen molar-refractivity contribution in [3.8, 4) is 11.1 Å². The van der Waals surface area contributed by atoms with Crippen molar-refractivity contribution in [1.29, 1.82) is 0 Å². The standard InChI is InChI=1S/C26H32N2O5/c1-15(2)21(23(29)28-22(24(30)31)26(3,4)5)27-25(32)33-14-20-18-12-8-6-10-16(18)17-11-7-9-13-19(17)20/h6-13,15,20-22H,14H2,1-5H3,(H,27,32)(H,28,29)(H,30,31)/t21-,22+/m0/s1. The molecule has 3 N–H and O–H groups in total. The highest BCUT2D eigenvalue weighted by molar-refractivity contribution is 5.89. The maximum absolute atomic E-state index is 12.8. The van der Waals surface area contributed by atoms with Crippen molar-refractivity contribution in [3.05, 3.63) is 59.7 Å². The lowest BCUT2D eigenvalue weighted by molar-refractivity contribution is -0.145. The number of fused-ring (bicyclic) bond motifs is 3. The van der Waals surface area contributed by atoms with E-state index in [0.717, 1.165) is 22.3 Å². The molecule has 0 aromatic heterocycles. The lowest BCUT2D eigenvalue weighted by atomic mass is 9.86. The van der Waals surface area contributed by atoms with Gasteiger partial charge >= 0.3 is 12.1 Å². The highest BCUT2D eigenvalue weighted by Crippen LogP contribution is 2.44. The minimum Gasteiger partial charge on any atom is -0.480 e. The van der Waals surface area contributed by atoms with Gasteiger partial charge in [0, 0.05) is 5.92 Å². The van der Waals surface area contributed by atoms with Crippen molar-refractivity contribution in [2.75, 3.05) is 6.61 Å². The van der Waals surface area contributed by atoms with Gasteiger partial charge in [0.25, 0.3) is 0 Å². The molecular formula is C26H32N2O5. The molecular weight excluding hydrogens is 420 g/mol. The van der Waals surface area contributed by atoms with E-state index in [1.54, 1.807) is 34.6 Å². The molecule has 0 fully saturated rings. The number of ether oxygens (including phenoxy) is 1. The lowest BCUT2D eigenvalue weighted by Gasteiger charge is -2.30. The summed E-state index contributed by atoms with van der Waals surface area (Å²) < 4.78 is 5.54. The van der Waals surface area contributed by atoms with E-state index in [0.29, 0.717) is 0 Å². The number of amides is 2. The maximum Gasteiger partial charge on any atom is 0.407 e. The van der Waals surface area contributed by atoms with E-state index in [1.165, 1.54) is 0 Å². The zero-order valence-electron chi connectivity index (χ0n) is 19.7. The molecule has 0 heterocycles. The number of carbonyl (C=O) groups excluding carboxylic acids is 2. The Bertz CT molecular complexity index is 995. The molecule has 7 nitrogen and oxygen atoms in total. The van der Waals surface area contributed by atoms with E-state index in [-0.39, 0.29) is 18.4 Å². The van der Waals surface area contributed by atoms with Crippen LogP contribution >= 0.6 is 0 Å². The average Bonchev–Trinajstić information content (AvgIpc) is 3.06. The molecule has 3 rings (SSSR count). The summed E-state index contributed by atoms with van der Waals surface area (Å²) in [5.74, 6) is -2.04. The molecule has 1 aliphatic carbocycles. The Balaban J connectivity index is 1.68. The Hall–Kier alpha value is -3.35. The van der Waals surface area contributed by atoms with Crippen molar-refractivity contribution in [3.63, 3.8) is 0 Å². The van der Waals surface area contributed by atoms with Crippen molar-refractivity contribution in [1.82, 2.24) is 10.6 Å².